The molecule has 1 aliphatic carbocycles. The highest BCUT2D eigenvalue weighted by molar-refractivity contribution is 7.93. The van der Waals surface area contributed by atoms with Gasteiger partial charge in [-0.1, -0.05) is 49.9 Å². The van der Waals surface area contributed by atoms with Crippen LogP contribution in [0.3, 0.4) is 0 Å². The van der Waals surface area contributed by atoms with E-state index in [2.05, 4.69) is 14.6 Å². The summed E-state index contributed by atoms with van der Waals surface area (Å²) in [5.41, 5.74) is 1.79. The van der Waals surface area contributed by atoms with Crippen LogP contribution in [0.1, 0.15) is 43.0 Å². The lowest BCUT2D eigenvalue weighted by Gasteiger charge is -2.35. The van der Waals surface area contributed by atoms with Gasteiger partial charge in [-0.25, -0.2) is 12.8 Å². The fraction of sp³-hybridized carbons (Fsp3) is 0.333. The van der Waals surface area contributed by atoms with Crippen LogP contribution in [0.2, 0.25) is 0 Å². The zero-order valence-corrected chi connectivity index (χ0v) is 25.8. The van der Waals surface area contributed by atoms with Crippen LogP contribution in [-0.4, -0.2) is 69.5 Å². The zero-order chi connectivity index (χ0) is 31.1. The summed E-state index contributed by atoms with van der Waals surface area (Å²) in [6.07, 6.45) is 7.54. The van der Waals surface area contributed by atoms with Crippen molar-refractivity contribution in [3.8, 4) is 11.5 Å². The number of pyridine rings is 1. The van der Waals surface area contributed by atoms with Gasteiger partial charge in [-0.15, -0.1) is 0 Å². The van der Waals surface area contributed by atoms with Crippen LogP contribution < -0.4 is 14.2 Å². The van der Waals surface area contributed by atoms with Gasteiger partial charge in [0.1, 0.15) is 10.6 Å². The quantitative estimate of drug-likeness (QED) is 0.259. The number of hydrogen-bond donors (Lipinski definition) is 1. The van der Waals surface area contributed by atoms with Crippen LogP contribution in [0.5, 0.6) is 11.5 Å². The van der Waals surface area contributed by atoms with Crippen LogP contribution in [0.25, 0.3) is 10.9 Å². The molecule has 2 aliphatic rings. The van der Waals surface area contributed by atoms with E-state index in [0.29, 0.717) is 49.2 Å². The van der Waals surface area contributed by atoms with Crippen molar-refractivity contribution in [3.05, 3.63) is 89.9 Å². The Morgan fingerprint density at radius 3 is 2.27 bits per heavy atom. The second-order valence-corrected chi connectivity index (χ2v) is 12.5. The Morgan fingerprint density at radius 1 is 0.909 bits per heavy atom. The first kappa shape index (κ1) is 31.2. The van der Waals surface area contributed by atoms with Crippen LogP contribution in [0, 0.1) is 5.82 Å². The van der Waals surface area contributed by atoms with Gasteiger partial charge in [0.2, 0.25) is 0 Å². The zero-order valence-electron chi connectivity index (χ0n) is 25.0. The van der Waals surface area contributed by atoms with E-state index in [-0.39, 0.29) is 29.4 Å². The number of fused-ring (bicyclic) bond motifs is 1. The van der Waals surface area contributed by atoms with Crippen LogP contribution in [0.4, 0.5) is 10.1 Å². The molecule has 6 rings (SSSR count). The van der Waals surface area contributed by atoms with Crippen molar-refractivity contribution in [1.82, 2.24) is 14.8 Å². The number of aromatic nitrogens is 1. The Balaban J connectivity index is 0.000000854. The lowest BCUT2D eigenvalue weighted by atomic mass is 10.0. The van der Waals surface area contributed by atoms with Crippen molar-refractivity contribution in [3.63, 3.8) is 0 Å². The Morgan fingerprint density at radius 2 is 1.61 bits per heavy atom. The predicted molar refractivity (Wildman–Crippen MR) is 170 cm³/mol. The van der Waals surface area contributed by atoms with Crippen LogP contribution in [-0.2, 0) is 16.6 Å². The van der Waals surface area contributed by atoms with E-state index in [1.807, 2.05) is 6.07 Å². The van der Waals surface area contributed by atoms with E-state index in [4.69, 9.17) is 9.47 Å². The molecule has 0 radical (unpaired) electrons. The fourth-order valence-electron chi connectivity index (χ4n) is 5.01. The normalized spacial score (nSPS) is 15.1. The van der Waals surface area contributed by atoms with E-state index in [9.17, 15) is 17.6 Å². The number of hydrogen-bond acceptors (Lipinski definition) is 7. The van der Waals surface area contributed by atoms with Gasteiger partial charge < -0.3 is 14.4 Å². The first-order valence-electron chi connectivity index (χ1n) is 14.7. The van der Waals surface area contributed by atoms with Crippen molar-refractivity contribution in [2.75, 3.05) is 45.1 Å². The monoisotopic (exact) mass is 622 g/mol. The standard InChI is InChI=1S/C29H29FN4O5S.C4H8.H2/c1-38-25-11-8-20(17-23(25)30)19-33-13-15-34(16-14-33)29(35)22-9-10-24(26(18-22)39-2)32-40(36,37)27-7-3-5-21-6-4-12-31-28(21)27;1-2-4-3-1;/h3-12,17-18,32H,13-16,19H2,1-2H3;1-4H2;1H. The molecule has 0 atom stereocenters. The Hall–Kier alpha value is -4.22. The highest BCUT2D eigenvalue weighted by atomic mass is 32.2. The summed E-state index contributed by atoms with van der Waals surface area (Å²) in [5.74, 6) is -0.148. The number of rotatable bonds is 8. The lowest BCUT2D eigenvalue weighted by molar-refractivity contribution is 0.0628. The van der Waals surface area contributed by atoms with Crippen molar-refractivity contribution >= 4 is 32.5 Å². The first-order chi connectivity index (χ1) is 21.3. The summed E-state index contributed by atoms with van der Waals surface area (Å²) in [5, 5.41) is 0.703. The molecular formula is C33H39FN4O5S. The molecule has 0 bridgehead atoms. The minimum atomic E-state index is -3.99. The smallest absolute Gasteiger partial charge is 0.264 e. The summed E-state index contributed by atoms with van der Waals surface area (Å²) < 4.78 is 53.5. The highest BCUT2D eigenvalue weighted by Crippen LogP contribution is 2.30. The number of nitrogens with zero attached hydrogens (tertiary/aromatic N) is 3. The number of carbonyl (C=O) groups excluding carboxylic acids is 1. The highest BCUT2D eigenvalue weighted by Gasteiger charge is 2.25. The van der Waals surface area contributed by atoms with E-state index in [1.165, 1.54) is 64.2 Å². The van der Waals surface area contributed by atoms with Crippen LogP contribution >= 0.6 is 0 Å². The number of benzene rings is 3. The summed E-state index contributed by atoms with van der Waals surface area (Å²) >= 11 is 0. The third-order valence-electron chi connectivity index (χ3n) is 7.86. The number of amides is 1. The molecule has 1 N–H and O–H groups in total. The van der Waals surface area contributed by atoms with E-state index in [1.54, 1.807) is 47.5 Å². The molecule has 1 aromatic heterocycles. The van der Waals surface area contributed by atoms with Gasteiger partial charge in [-0.05, 0) is 48.0 Å². The van der Waals surface area contributed by atoms with Crippen molar-refractivity contribution in [2.24, 2.45) is 0 Å². The molecule has 234 valence electrons. The minimum absolute atomic E-state index is 0. The largest absolute Gasteiger partial charge is 0.495 e. The summed E-state index contributed by atoms with van der Waals surface area (Å²) in [7, 11) is -1.14. The maximum Gasteiger partial charge on any atom is 0.264 e. The molecule has 0 unspecified atom stereocenters. The number of carbonyl (C=O) groups is 1. The first-order valence-corrected chi connectivity index (χ1v) is 16.2. The molecule has 44 heavy (non-hydrogen) atoms. The molecular weight excluding hydrogens is 583 g/mol. The maximum absolute atomic E-state index is 14.0. The van der Waals surface area contributed by atoms with Crippen molar-refractivity contribution in [1.29, 1.82) is 0 Å². The number of nitrogens with one attached hydrogen (secondary N) is 1. The Labute approximate surface area is 259 Å². The SMILES string of the molecule is C1CCC1.COc1ccc(CN2CCN(C(=O)c3ccc(NS(=O)(=O)c4cccc5cccnc45)c(OC)c3)CC2)cc1F.[HH]. The molecule has 1 amide bonds. The second kappa shape index (κ2) is 14.0. The molecule has 11 heteroatoms. The lowest BCUT2D eigenvalue weighted by Crippen LogP contribution is -2.48. The Bertz CT molecular complexity index is 1720. The molecule has 1 aliphatic heterocycles. The van der Waals surface area contributed by atoms with Gasteiger partial charge >= 0.3 is 0 Å². The summed E-state index contributed by atoms with van der Waals surface area (Å²) in [6.45, 7) is 2.84. The molecule has 2 fully saturated rings. The van der Waals surface area contributed by atoms with Gasteiger partial charge in [0.05, 0.1) is 25.4 Å². The average molecular weight is 623 g/mol. The molecule has 1 saturated carbocycles. The van der Waals surface area contributed by atoms with Crippen molar-refractivity contribution < 1.29 is 28.5 Å². The number of piperazine rings is 1. The van der Waals surface area contributed by atoms with E-state index < -0.39 is 15.8 Å². The van der Waals surface area contributed by atoms with E-state index in [0.717, 1.165) is 5.56 Å². The van der Waals surface area contributed by atoms with E-state index >= 15 is 0 Å². The summed E-state index contributed by atoms with van der Waals surface area (Å²) in [4.78, 5) is 21.4. The van der Waals surface area contributed by atoms with Gasteiger partial charge in [0, 0.05) is 51.3 Å². The number of ether oxygens (including phenoxy) is 2. The number of sulfonamides is 1. The summed E-state index contributed by atoms with van der Waals surface area (Å²) in [6, 6.07) is 18.0. The number of methoxy groups -OCH3 is 2. The molecule has 4 aromatic rings. The van der Waals surface area contributed by atoms with Crippen LogP contribution in [0.15, 0.2) is 77.8 Å². The third kappa shape index (κ3) is 7.28. The Kier molecular flexibility index (Phi) is 9.96. The van der Waals surface area contributed by atoms with Gasteiger partial charge in [-0.3, -0.25) is 19.4 Å². The second-order valence-electron chi connectivity index (χ2n) is 10.8. The fourth-order valence-corrected chi connectivity index (χ4v) is 6.26. The molecule has 0 spiro atoms. The molecule has 3 aromatic carbocycles. The number of anilines is 1. The van der Waals surface area contributed by atoms with Gasteiger partial charge in [0.15, 0.2) is 11.6 Å². The minimum Gasteiger partial charge on any atom is -0.495 e. The molecule has 2 heterocycles. The molecule has 1 saturated heterocycles. The average Bonchev–Trinajstić information content (AvgIpc) is 3.00. The number of halogens is 1. The molecule has 9 nitrogen and oxygen atoms in total. The van der Waals surface area contributed by atoms with Crippen molar-refractivity contribution in [2.45, 2.75) is 37.1 Å². The maximum atomic E-state index is 14.0. The van der Waals surface area contributed by atoms with Gasteiger partial charge in [-0.2, -0.15) is 0 Å². The topological polar surface area (TPSA) is 101 Å². The predicted octanol–water partition coefficient (Wildman–Crippen LogP) is 5.96. The van der Waals surface area contributed by atoms with Gasteiger partial charge in [0.25, 0.3) is 15.9 Å². The number of para-hydroxylation sites is 1. The third-order valence-corrected chi connectivity index (χ3v) is 9.26.